The van der Waals surface area contributed by atoms with Gasteiger partial charge in [-0.25, -0.2) is 0 Å². The van der Waals surface area contributed by atoms with Gasteiger partial charge in [-0.2, -0.15) is 0 Å². The van der Waals surface area contributed by atoms with Crippen LogP contribution < -0.4 is 5.73 Å². The summed E-state index contributed by atoms with van der Waals surface area (Å²) in [6, 6.07) is 5.06. The topological polar surface area (TPSA) is 42.4 Å². The Bertz CT molecular complexity index is 265. The summed E-state index contributed by atoms with van der Waals surface area (Å²) in [4.78, 5) is 2.43. The van der Waals surface area contributed by atoms with E-state index in [4.69, 9.17) is 10.2 Å². The van der Waals surface area contributed by atoms with Crippen LogP contribution in [0.5, 0.6) is 0 Å². The van der Waals surface area contributed by atoms with Gasteiger partial charge in [0.1, 0.15) is 5.76 Å². The minimum absolute atomic E-state index is 0.422. The second-order valence-corrected chi connectivity index (χ2v) is 4.03. The number of hydrogen-bond acceptors (Lipinski definition) is 3. The molecule has 0 spiro atoms. The molecule has 0 bridgehead atoms. The molecule has 1 aromatic rings. The Morgan fingerprint density at radius 3 is 2.86 bits per heavy atom. The maximum Gasteiger partial charge on any atom is 0.117 e. The van der Waals surface area contributed by atoms with E-state index in [2.05, 4.69) is 11.8 Å². The molecule has 3 heteroatoms. The monoisotopic (exact) mass is 194 g/mol. The van der Waals surface area contributed by atoms with E-state index < -0.39 is 0 Å². The van der Waals surface area contributed by atoms with Crippen LogP contribution in [0.4, 0.5) is 0 Å². The molecule has 0 amide bonds. The molecule has 0 atom stereocenters. The smallest absolute Gasteiger partial charge is 0.117 e. The van der Waals surface area contributed by atoms with Crippen LogP contribution in [0.3, 0.4) is 0 Å². The first-order valence-electron chi connectivity index (χ1n) is 5.31. The van der Waals surface area contributed by atoms with E-state index in [1.54, 1.807) is 6.26 Å². The van der Waals surface area contributed by atoms with Gasteiger partial charge in [-0.1, -0.05) is 6.92 Å². The van der Waals surface area contributed by atoms with Crippen molar-refractivity contribution in [2.45, 2.75) is 38.4 Å². The Morgan fingerprint density at radius 1 is 1.57 bits per heavy atom. The van der Waals surface area contributed by atoms with Crippen molar-refractivity contribution in [1.82, 2.24) is 4.90 Å². The molecule has 1 saturated carbocycles. The van der Waals surface area contributed by atoms with E-state index in [0.29, 0.717) is 12.1 Å². The van der Waals surface area contributed by atoms with Gasteiger partial charge in [0.25, 0.3) is 0 Å². The van der Waals surface area contributed by atoms with E-state index >= 15 is 0 Å². The lowest BCUT2D eigenvalue weighted by Gasteiger charge is -2.40. The van der Waals surface area contributed by atoms with Gasteiger partial charge in [-0.3, -0.25) is 4.90 Å². The van der Waals surface area contributed by atoms with Crippen LogP contribution in [-0.4, -0.2) is 23.5 Å². The predicted molar refractivity (Wildman–Crippen MR) is 55.8 cm³/mol. The van der Waals surface area contributed by atoms with Crippen molar-refractivity contribution in [3.05, 3.63) is 24.2 Å². The molecule has 0 saturated heterocycles. The van der Waals surface area contributed by atoms with Crippen LogP contribution in [-0.2, 0) is 6.54 Å². The zero-order valence-electron chi connectivity index (χ0n) is 8.65. The first-order chi connectivity index (χ1) is 6.79. The SMILES string of the molecule is CCN(Cc1ccco1)C1CC(N)C1. The van der Waals surface area contributed by atoms with E-state index in [1.807, 2.05) is 12.1 Å². The van der Waals surface area contributed by atoms with Crippen LogP contribution in [0.15, 0.2) is 22.8 Å². The van der Waals surface area contributed by atoms with Crippen LogP contribution in [0.2, 0.25) is 0 Å². The maximum absolute atomic E-state index is 5.78. The molecule has 0 unspecified atom stereocenters. The Hall–Kier alpha value is -0.800. The summed E-state index contributed by atoms with van der Waals surface area (Å²) < 4.78 is 5.34. The number of nitrogens with two attached hydrogens (primary N) is 1. The number of rotatable bonds is 4. The van der Waals surface area contributed by atoms with Gasteiger partial charge in [0.15, 0.2) is 0 Å². The van der Waals surface area contributed by atoms with Crippen molar-refractivity contribution in [2.75, 3.05) is 6.54 Å². The highest BCUT2D eigenvalue weighted by molar-refractivity contribution is 4.99. The molecular formula is C11H18N2O. The van der Waals surface area contributed by atoms with E-state index in [-0.39, 0.29) is 0 Å². The zero-order valence-corrected chi connectivity index (χ0v) is 8.65. The van der Waals surface area contributed by atoms with Gasteiger partial charge in [0.05, 0.1) is 12.8 Å². The highest BCUT2D eigenvalue weighted by Crippen LogP contribution is 2.25. The molecule has 2 N–H and O–H groups in total. The average molecular weight is 194 g/mol. The summed E-state index contributed by atoms with van der Waals surface area (Å²) in [5.74, 6) is 1.05. The predicted octanol–water partition coefficient (Wildman–Crippen LogP) is 1.59. The summed E-state index contributed by atoms with van der Waals surface area (Å²) in [6.45, 7) is 4.17. The van der Waals surface area contributed by atoms with Crippen LogP contribution in [0, 0.1) is 0 Å². The Balaban J connectivity index is 1.88. The normalized spacial score (nSPS) is 26.5. The Morgan fingerprint density at radius 2 is 2.36 bits per heavy atom. The standard InChI is InChI=1S/C11H18N2O/c1-2-13(10-6-9(12)7-10)8-11-4-3-5-14-11/h3-5,9-10H,2,6-8,12H2,1H3. The van der Waals surface area contributed by atoms with Crippen molar-refractivity contribution < 1.29 is 4.42 Å². The molecule has 2 rings (SSSR count). The van der Waals surface area contributed by atoms with Crippen LogP contribution in [0.1, 0.15) is 25.5 Å². The lowest BCUT2D eigenvalue weighted by atomic mass is 9.86. The van der Waals surface area contributed by atoms with Crippen molar-refractivity contribution >= 4 is 0 Å². The quantitative estimate of drug-likeness (QED) is 0.791. The fourth-order valence-electron chi connectivity index (χ4n) is 2.03. The van der Waals surface area contributed by atoms with Crippen LogP contribution in [0.25, 0.3) is 0 Å². The second kappa shape index (κ2) is 4.15. The highest BCUT2D eigenvalue weighted by atomic mass is 16.3. The minimum atomic E-state index is 0.422. The molecular weight excluding hydrogens is 176 g/mol. The highest BCUT2D eigenvalue weighted by Gasteiger charge is 2.30. The van der Waals surface area contributed by atoms with Gasteiger partial charge < -0.3 is 10.2 Å². The Kier molecular flexibility index (Phi) is 2.89. The third-order valence-corrected chi connectivity index (χ3v) is 3.01. The lowest BCUT2D eigenvalue weighted by molar-refractivity contribution is 0.102. The van der Waals surface area contributed by atoms with Gasteiger partial charge in [-0.15, -0.1) is 0 Å². The van der Waals surface area contributed by atoms with Gasteiger partial charge in [0, 0.05) is 12.1 Å². The van der Waals surface area contributed by atoms with Crippen molar-refractivity contribution in [3.8, 4) is 0 Å². The van der Waals surface area contributed by atoms with E-state index in [0.717, 1.165) is 31.7 Å². The van der Waals surface area contributed by atoms with Gasteiger partial charge >= 0.3 is 0 Å². The number of nitrogens with zero attached hydrogens (tertiary/aromatic N) is 1. The van der Waals surface area contributed by atoms with E-state index in [9.17, 15) is 0 Å². The summed E-state index contributed by atoms with van der Waals surface area (Å²) in [6.07, 6.45) is 4.00. The van der Waals surface area contributed by atoms with Crippen molar-refractivity contribution in [2.24, 2.45) is 5.73 Å². The maximum atomic E-state index is 5.78. The molecule has 1 aliphatic carbocycles. The average Bonchev–Trinajstić information content (AvgIpc) is 2.62. The molecule has 1 heterocycles. The third kappa shape index (κ3) is 1.99. The fourth-order valence-corrected chi connectivity index (χ4v) is 2.03. The summed E-state index contributed by atoms with van der Waals surface area (Å²) >= 11 is 0. The Labute approximate surface area is 84.9 Å². The molecule has 3 nitrogen and oxygen atoms in total. The fraction of sp³-hybridized carbons (Fsp3) is 0.636. The third-order valence-electron chi connectivity index (χ3n) is 3.01. The summed E-state index contributed by atoms with van der Waals surface area (Å²) in [7, 11) is 0. The van der Waals surface area contributed by atoms with Crippen molar-refractivity contribution in [1.29, 1.82) is 0 Å². The van der Waals surface area contributed by atoms with Gasteiger partial charge in [0.2, 0.25) is 0 Å². The number of hydrogen-bond donors (Lipinski definition) is 1. The molecule has 1 fully saturated rings. The summed E-state index contributed by atoms with van der Waals surface area (Å²) in [5, 5.41) is 0. The first-order valence-corrected chi connectivity index (χ1v) is 5.31. The summed E-state index contributed by atoms with van der Waals surface area (Å²) in [5.41, 5.74) is 5.78. The first kappa shape index (κ1) is 9.74. The molecule has 1 aliphatic rings. The van der Waals surface area contributed by atoms with Crippen molar-refractivity contribution in [3.63, 3.8) is 0 Å². The van der Waals surface area contributed by atoms with Gasteiger partial charge in [-0.05, 0) is 31.5 Å². The molecule has 0 aliphatic heterocycles. The second-order valence-electron chi connectivity index (χ2n) is 4.03. The molecule has 0 aromatic carbocycles. The molecule has 0 radical (unpaired) electrons. The minimum Gasteiger partial charge on any atom is -0.468 e. The molecule has 1 aromatic heterocycles. The zero-order chi connectivity index (χ0) is 9.97. The largest absolute Gasteiger partial charge is 0.468 e. The molecule has 14 heavy (non-hydrogen) atoms. The lowest BCUT2D eigenvalue weighted by Crippen LogP contribution is -2.50. The van der Waals surface area contributed by atoms with E-state index in [1.165, 1.54) is 0 Å². The van der Waals surface area contributed by atoms with Crippen LogP contribution >= 0.6 is 0 Å². The molecule has 78 valence electrons. The number of furan rings is 1.